The van der Waals surface area contributed by atoms with Crippen LogP contribution in [0.4, 0.5) is 4.39 Å². The van der Waals surface area contributed by atoms with Gasteiger partial charge in [-0.1, -0.05) is 5.16 Å². The van der Waals surface area contributed by atoms with Gasteiger partial charge in [-0.15, -0.1) is 0 Å². The van der Waals surface area contributed by atoms with Crippen molar-refractivity contribution in [3.63, 3.8) is 0 Å². The van der Waals surface area contributed by atoms with Gasteiger partial charge in [-0.05, 0) is 31.2 Å². The molecule has 2 heterocycles. The Bertz CT molecular complexity index is 795. The van der Waals surface area contributed by atoms with Gasteiger partial charge in [0.05, 0.1) is 22.9 Å². The zero-order valence-corrected chi connectivity index (χ0v) is 12.6. The van der Waals surface area contributed by atoms with Gasteiger partial charge in [-0.25, -0.2) is 9.37 Å². The monoisotopic (exact) mass is 320 g/mol. The molecule has 0 aliphatic rings. The number of halogens is 1. The predicted molar refractivity (Wildman–Crippen MR) is 78.7 cm³/mol. The highest BCUT2D eigenvalue weighted by Crippen LogP contribution is 2.20. The fourth-order valence-corrected chi connectivity index (χ4v) is 2.98. The van der Waals surface area contributed by atoms with E-state index in [0.29, 0.717) is 22.9 Å². The highest BCUT2D eigenvalue weighted by atomic mass is 32.2. The minimum Gasteiger partial charge on any atom is -0.444 e. The van der Waals surface area contributed by atoms with Gasteiger partial charge in [0.1, 0.15) is 17.8 Å². The van der Waals surface area contributed by atoms with Crippen molar-refractivity contribution >= 4 is 10.8 Å². The van der Waals surface area contributed by atoms with E-state index in [1.54, 1.807) is 18.2 Å². The van der Waals surface area contributed by atoms with Gasteiger partial charge in [0.15, 0.2) is 0 Å². The minimum atomic E-state index is -1.17. The van der Waals surface area contributed by atoms with Gasteiger partial charge in [0.2, 0.25) is 5.89 Å². The quantitative estimate of drug-likeness (QED) is 0.722. The molecule has 0 saturated carbocycles. The third kappa shape index (κ3) is 3.48. The summed E-state index contributed by atoms with van der Waals surface area (Å²) in [7, 11) is -1.17. The molecule has 0 fully saturated rings. The molecule has 2 aromatic heterocycles. The van der Waals surface area contributed by atoms with E-state index in [1.807, 2.05) is 6.92 Å². The summed E-state index contributed by atoms with van der Waals surface area (Å²) in [5, 5.41) is 3.75. The van der Waals surface area contributed by atoms with Crippen LogP contribution in [0.2, 0.25) is 0 Å². The summed E-state index contributed by atoms with van der Waals surface area (Å²) < 4.78 is 35.3. The molecular formula is C15H13FN2O3S. The first-order valence-electron chi connectivity index (χ1n) is 6.57. The summed E-state index contributed by atoms with van der Waals surface area (Å²) in [6.07, 6.45) is 1.46. The lowest BCUT2D eigenvalue weighted by atomic mass is 10.2. The Kier molecular flexibility index (Phi) is 4.15. The number of benzene rings is 1. The highest BCUT2D eigenvalue weighted by molar-refractivity contribution is 7.83. The van der Waals surface area contributed by atoms with E-state index in [4.69, 9.17) is 8.94 Å². The molecule has 1 unspecified atom stereocenters. The molecule has 0 amide bonds. The molecule has 0 N–H and O–H groups in total. The lowest BCUT2D eigenvalue weighted by Gasteiger charge is -1.96. The van der Waals surface area contributed by atoms with E-state index in [9.17, 15) is 8.60 Å². The molecule has 1 aromatic carbocycles. The smallest absolute Gasteiger partial charge is 0.226 e. The molecule has 3 aromatic rings. The minimum absolute atomic E-state index is 0.254. The van der Waals surface area contributed by atoms with Crippen molar-refractivity contribution in [3.8, 4) is 11.5 Å². The van der Waals surface area contributed by atoms with Gasteiger partial charge >= 0.3 is 0 Å². The summed E-state index contributed by atoms with van der Waals surface area (Å²) in [6.45, 7) is 1.81. The van der Waals surface area contributed by atoms with E-state index in [-0.39, 0.29) is 17.3 Å². The maximum atomic E-state index is 12.9. The van der Waals surface area contributed by atoms with Crippen molar-refractivity contribution in [2.45, 2.75) is 18.4 Å². The van der Waals surface area contributed by atoms with Crippen LogP contribution >= 0.6 is 0 Å². The van der Waals surface area contributed by atoms with E-state index in [2.05, 4.69) is 10.1 Å². The van der Waals surface area contributed by atoms with Crippen molar-refractivity contribution in [1.82, 2.24) is 10.1 Å². The van der Waals surface area contributed by atoms with Crippen LogP contribution in [-0.2, 0) is 22.3 Å². The Labute approximate surface area is 128 Å². The lowest BCUT2D eigenvalue weighted by Crippen LogP contribution is -1.99. The topological polar surface area (TPSA) is 69.1 Å². The van der Waals surface area contributed by atoms with Crippen LogP contribution in [0.5, 0.6) is 0 Å². The van der Waals surface area contributed by atoms with Crippen molar-refractivity contribution < 1.29 is 17.5 Å². The Morgan fingerprint density at radius 1 is 1.23 bits per heavy atom. The largest absolute Gasteiger partial charge is 0.444 e. The van der Waals surface area contributed by atoms with Crippen LogP contribution in [0, 0.1) is 12.7 Å². The molecule has 0 radical (unpaired) electrons. The van der Waals surface area contributed by atoms with Crippen molar-refractivity contribution in [2.24, 2.45) is 0 Å². The molecule has 1 atom stereocenters. The zero-order chi connectivity index (χ0) is 15.5. The van der Waals surface area contributed by atoms with Crippen LogP contribution in [-0.4, -0.2) is 14.3 Å². The van der Waals surface area contributed by atoms with E-state index in [1.165, 1.54) is 18.4 Å². The van der Waals surface area contributed by atoms with Crippen LogP contribution in [0.1, 0.15) is 17.1 Å². The summed E-state index contributed by atoms with van der Waals surface area (Å²) in [4.78, 5) is 4.27. The van der Waals surface area contributed by atoms with Gasteiger partial charge < -0.3 is 8.94 Å². The van der Waals surface area contributed by atoms with Crippen LogP contribution in [0.25, 0.3) is 11.5 Å². The Morgan fingerprint density at radius 2 is 2.00 bits per heavy atom. The predicted octanol–water partition coefficient (Wildman–Crippen LogP) is 3.23. The maximum absolute atomic E-state index is 12.9. The van der Waals surface area contributed by atoms with Crippen LogP contribution in [0.15, 0.2) is 45.5 Å². The number of rotatable bonds is 5. The molecule has 0 spiro atoms. The fraction of sp³-hybridized carbons (Fsp3) is 0.200. The summed E-state index contributed by atoms with van der Waals surface area (Å²) in [6, 6.07) is 7.59. The van der Waals surface area contributed by atoms with Crippen molar-refractivity contribution in [3.05, 3.63) is 59.6 Å². The van der Waals surface area contributed by atoms with Gasteiger partial charge in [0.25, 0.3) is 0 Å². The van der Waals surface area contributed by atoms with Gasteiger partial charge in [-0.2, -0.15) is 0 Å². The zero-order valence-electron chi connectivity index (χ0n) is 11.8. The molecular weight excluding hydrogens is 307 g/mol. The number of aryl methyl sites for hydroxylation is 1. The molecule has 114 valence electrons. The first kappa shape index (κ1) is 14.6. The van der Waals surface area contributed by atoms with Crippen molar-refractivity contribution in [1.29, 1.82) is 0 Å². The standard InChI is InChI=1S/C15H13FN2O3S/c1-10-6-14(21-18-10)9-22(19)8-13-7-20-15(17-13)11-2-4-12(16)5-3-11/h2-7H,8-9H2,1H3. The fourth-order valence-electron chi connectivity index (χ4n) is 1.96. The lowest BCUT2D eigenvalue weighted by molar-refractivity contribution is 0.390. The van der Waals surface area contributed by atoms with E-state index >= 15 is 0 Å². The normalized spacial score (nSPS) is 12.5. The van der Waals surface area contributed by atoms with E-state index in [0.717, 1.165) is 5.69 Å². The Morgan fingerprint density at radius 3 is 2.68 bits per heavy atom. The molecule has 5 nitrogen and oxygen atoms in total. The SMILES string of the molecule is Cc1cc(CS(=O)Cc2coc(-c3ccc(F)cc3)n2)on1. The maximum Gasteiger partial charge on any atom is 0.226 e. The third-order valence-electron chi connectivity index (χ3n) is 2.93. The number of hydrogen-bond donors (Lipinski definition) is 0. The van der Waals surface area contributed by atoms with Crippen LogP contribution in [0.3, 0.4) is 0 Å². The Balaban J connectivity index is 1.66. The second-order valence-electron chi connectivity index (χ2n) is 4.81. The van der Waals surface area contributed by atoms with Gasteiger partial charge in [0, 0.05) is 22.4 Å². The van der Waals surface area contributed by atoms with Crippen LogP contribution < -0.4 is 0 Å². The molecule has 7 heteroatoms. The summed E-state index contributed by atoms with van der Waals surface area (Å²) >= 11 is 0. The second-order valence-corrected chi connectivity index (χ2v) is 6.27. The van der Waals surface area contributed by atoms with Gasteiger partial charge in [-0.3, -0.25) is 4.21 Å². The molecule has 0 aliphatic heterocycles. The van der Waals surface area contributed by atoms with E-state index < -0.39 is 10.8 Å². The molecule has 0 aliphatic carbocycles. The molecule has 22 heavy (non-hydrogen) atoms. The average molecular weight is 320 g/mol. The number of nitrogens with zero attached hydrogens (tertiary/aromatic N) is 2. The number of oxazole rings is 1. The molecule has 3 rings (SSSR count). The Hall–Kier alpha value is -2.28. The average Bonchev–Trinajstić information content (AvgIpc) is 3.09. The summed E-state index contributed by atoms with van der Waals surface area (Å²) in [5.41, 5.74) is 2.00. The summed E-state index contributed by atoms with van der Waals surface area (Å²) in [5.74, 6) is 1.17. The first-order chi connectivity index (χ1) is 10.6. The molecule has 0 saturated heterocycles. The number of hydrogen-bond acceptors (Lipinski definition) is 5. The first-order valence-corrected chi connectivity index (χ1v) is 8.06. The highest BCUT2D eigenvalue weighted by Gasteiger charge is 2.12. The van der Waals surface area contributed by atoms with Crippen molar-refractivity contribution in [2.75, 3.05) is 0 Å². The molecule has 0 bridgehead atoms. The number of aromatic nitrogens is 2. The second kappa shape index (κ2) is 6.23. The third-order valence-corrected chi connectivity index (χ3v) is 4.16.